The van der Waals surface area contributed by atoms with Gasteiger partial charge in [0.15, 0.2) is 0 Å². The fraction of sp³-hybridized carbons (Fsp3) is 0.556. The standard InChI is InChI=1S/C18H28N2O3/c1-4-6-12-23-13-8-11-19-17(21)18(22)20(5-2)16-10-7-9-15(3)14-16/h7,9-10,14H,4-6,8,11-13H2,1-3H3,(H,19,21). The molecule has 5 nitrogen and oxygen atoms in total. The topological polar surface area (TPSA) is 58.6 Å². The zero-order valence-electron chi connectivity index (χ0n) is 14.4. The second-order valence-electron chi connectivity index (χ2n) is 5.46. The van der Waals surface area contributed by atoms with E-state index in [0.717, 1.165) is 30.7 Å². The summed E-state index contributed by atoms with van der Waals surface area (Å²) in [6, 6.07) is 7.58. The van der Waals surface area contributed by atoms with Gasteiger partial charge in [-0.15, -0.1) is 0 Å². The summed E-state index contributed by atoms with van der Waals surface area (Å²) in [5.74, 6) is -1.09. The maximum Gasteiger partial charge on any atom is 0.316 e. The van der Waals surface area contributed by atoms with E-state index >= 15 is 0 Å². The van der Waals surface area contributed by atoms with Crippen LogP contribution in [0.4, 0.5) is 5.69 Å². The Hall–Kier alpha value is -1.88. The Morgan fingerprint density at radius 1 is 1.17 bits per heavy atom. The Kier molecular flexibility index (Phi) is 8.98. The van der Waals surface area contributed by atoms with Crippen molar-refractivity contribution in [3.05, 3.63) is 29.8 Å². The van der Waals surface area contributed by atoms with Crippen LogP contribution in [0.1, 0.15) is 38.7 Å². The highest BCUT2D eigenvalue weighted by Gasteiger charge is 2.21. The number of rotatable bonds is 9. The number of benzene rings is 1. The molecule has 0 spiro atoms. The van der Waals surface area contributed by atoms with Crippen molar-refractivity contribution < 1.29 is 14.3 Å². The fourth-order valence-corrected chi connectivity index (χ4v) is 2.16. The molecule has 2 amide bonds. The van der Waals surface area contributed by atoms with Gasteiger partial charge in [-0.25, -0.2) is 0 Å². The van der Waals surface area contributed by atoms with Gasteiger partial charge in [-0.2, -0.15) is 0 Å². The largest absolute Gasteiger partial charge is 0.381 e. The number of carbonyl (C=O) groups excluding carboxylic acids is 2. The third-order valence-electron chi connectivity index (χ3n) is 3.46. The van der Waals surface area contributed by atoms with Crippen molar-refractivity contribution in [2.75, 3.05) is 31.2 Å². The summed E-state index contributed by atoms with van der Waals surface area (Å²) in [6.07, 6.45) is 2.86. The van der Waals surface area contributed by atoms with Gasteiger partial charge in [0.25, 0.3) is 0 Å². The molecule has 0 aromatic heterocycles. The predicted molar refractivity (Wildman–Crippen MR) is 92.6 cm³/mol. The van der Waals surface area contributed by atoms with Crippen LogP contribution in [0.2, 0.25) is 0 Å². The molecule has 0 fully saturated rings. The molecule has 128 valence electrons. The van der Waals surface area contributed by atoms with E-state index < -0.39 is 11.8 Å². The van der Waals surface area contributed by atoms with E-state index in [9.17, 15) is 9.59 Å². The Labute approximate surface area is 139 Å². The van der Waals surface area contributed by atoms with Crippen LogP contribution in [0.15, 0.2) is 24.3 Å². The minimum atomic E-state index is -0.568. The molecule has 1 aromatic carbocycles. The maximum absolute atomic E-state index is 12.3. The molecule has 0 radical (unpaired) electrons. The van der Waals surface area contributed by atoms with Gasteiger partial charge in [0, 0.05) is 32.0 Å². The number of carbonyl (C=O) groups is 2. The first-order chi connectivity index (χ1) is 11.1. The minimum Gasteiger partial charge on any atom is -0.381 e. The van der Waals surface area contributed by atoms with Crippen LogP contribution >= 0.6 is 0 Å². The summed E-state index contributed by atoms with van der Waals surface area (Å²) in [6.45, 7) is 8.18. The van der Waals surface area contributed by atoms with Gasteiger partial charge < -0.3 is 15.0 Å². The molecule has 5 heteroatoms. The summed E-state index contributed by atoms with van der Waals surface area (Å²) < 4.78 is 5.42. The van der Waals surface area contributed by atoms with Crippen molar-refractivity contribution in [3.8, 4) is 0 Å². The van der Waals surface area contributed by atoms with Crippen LogP contribution < -0.4 is 10.2 Å². The van der Waals surface area contributed by atoms with Crippen LogP contribution in [-0.2, 0) is 14.3 Å². The van der Waals surface area contributed by atoms with Gasteiger partial charge in [0.1, 0.15) is 0 Å². The highest BCUT2D eigenvalue weighted by molar-refractivity contribution is 6.40. The van der Waals surface area contributed by atoms with Crippen LogP contribution in [0.25, 0.3) is 0 Å². The summed E-state index contributed by atoms with van der Waals surface area (Å²) >= 11 is 0. The lowest BCUT2D eigenvalue weighted by Gasteiger charge is -2.20. The maximum atomic E-state index is 12.3. The first-order valence-corrected chi connectivity index (χ1v) is 8.34. The number of hydrogen-bond donors (Lipinski definition) is 1. The molecule has 0 saturated carbocycles. The van der Waals surface area contributed by atoms with Crippen LogP contribution in [-0.4, -0.2) is 38.1 Å². The van der Waals surface area contributed by atoms with Crippen molar-refractivity contribution in [1.82, 2.24) is 5.32 Å². The van der Waals surface area contributed by atoms with Gasteiger partial charge in [0.2, 0.25) is 0 Å². The molecule has 0 atom stereocenters. The third kappa shape index (κ3) is 6.82. The molecule has 0 aliphatic carbocycles. The lowest BCUT2D eigenvalue weighted by atomic mass is 10.2. The first-order valence-electron chi connectivity index (χ1n) is 8.34. The zero-order chi connectivity index (χ0) is 17.1. The van der Waals surface area contributed by atoms with E-state index in [1.54, 1.807) is 0 Å². The molecule has 0 unspecified atom stereocenters. The van der Waals surface area contributed by atoms with E-state index in [4.69, 9.17) is 4.74 Å². The predicted octanol–water partition coefficient (Wildman–Crippen LogP) is 2.67. The van der Waals surface area contributed by atoms with Gasteiger partial charge in [-0.3, -0.25) is 9.59 Å². The minimum absolute atomic E-state index is 0.446. The van der Waals surface area contributed by atoms with E-state index in [1.807, 2.05) is 38.1 Å². The SMILES string of the molecule is CCCCOCCCNC(=O)C(=O)N(CC)c1cccc(C)c1. The lowest BCUT2D eigenvalue weighted by molar-refractivity contribution is -0.137. The lowest BCUT2D eigenvalue weighted by Crippen LogP contribution is -2.43. The van der Waals surface area contributed by atoms with Crippen molar-refractivity contribution in [2.45, 2.75) is 40.0 Å². The summed E-state index contributed by atoms with van der Waals surface area (Å²) in [5, 5.41) is 2.66. The molecule has 0 bridgehead atoms. The van der Waals surface area contributed by atoms with Crippen molar-refractivity contribution in [2.24, 2.45) is 0 Å². The molecular formula is C18H28N2O3. The fourth-order valence-electron chi connectivity index (χ4n) is 2.16. The van der Waals surface area contributed by atoms with E-state index in [2.05, 4.69) is 12.2 Å². The molecule has 0 saturated heterocycles. The Balaban J connectivity index is 2.41. The molecule has 0 heterocycles. The second kappa shape index (κ2) is 10.8. The second-order valence-corrected chi connectivity index (χ2v) is 5.46. The Bertz CT molecular complexity index is 503. The van der Waals surface area contributed by atoms with Gasteiger partial charge in [-0.1, -0.05) is 25.5 Å². The quantitative estimate of drug-likeness (QED) is 0.562. The summed E-state index contributed by atoms with van der Waals surface area (Å²) in [5.41, 5.74) is 1.80. The average Bonchev–Trinajstić information content (AvgIpc) is 2.54. The average molecular weight is 320 g/mol. The number of nitrogens with zero attached hydrogens (tertiary/aromatic N) is 1. The molecule has 23 heavy (non-hydrogen) atoms. The monoisotopic (exact) mass is 320 g/mol. The molecular weight excluding hydrogens is 292 g/mol. The van der Waals surface area contributed by atoms with Crippen molar-refractivity contribution in [3.63, 3.8) is 0 Å². The van der Waals surface area contributed by atoms with Gasteiger partial charge >= 0.3 is 11.8 Å². The third-order valence-corrected chi connectivity index (χ3v) is 3.46. The number of aryl methyl sites for hydroxylation is 1. The molecule has 1 rings (SSSR count). The number of hydrogen-bond acceptors (Lipinski definition) is 3. The van der Waals surface area contributed by atoms with Crippen molar-refractivity contribution in [1.29, 1.82) is 0 Å². The Morgan fingerprint density at radius 3 is 2.57 bits per heavy atom. The summed E-state index contributed by atoms with van der Waals surface area (Å²) in [4.78, 5) is 25.8. The van der Waals surface area contributed by atoms with Crippen LogP contribution in [0.3, 0.4) is 0 Å². The molecule has 0 aliphatic heterocycles. The van der Waals surface area contributed by atoms with Gasteiger partial charge in [0.05, 0.1) is 0 Å². The van der Waals surface area contributed by atoms with Crippen molar-refractivity contribution >= 4 is 17.5 Å². The molecule has 1 N–H and O–H groups in total. The number of nitrogens with one attached hydrogen (secondary N) is 1. The first kappa shape index (κ1) is 19.2. The summed E-state index contributed by atoms with van der Waals surface area (Å²) in [7, 11) is 0. The van der Waals surface area contributed by atoms with Crippen LogP contribution in [0.5, 0.6) is 0 Å². The molecule has 0 aliphatic rings. The van der Waals surface area contributed by atoms with E-state index in [0.29, 0.717) is 26.1 Å². The highest BCUT2D eigenvalue weighted by atomic mass is 16.5. The number of amides is 2. The Morgan fingerprint density at radius 2 is 1.91 bits per heavy atom. The smallest absolute Gasteiger partial charge is 0.316 e. The van der Waals surface area contributed by atoms with Crippen LogP contribution in [0, 0.1) is 6.92 Å². The highest BCUT2D eigenvalue weighted by Crippen LogP contribution is 2.15. The number of likely N-dealkylation sites (N-methyl/N-ethyl adjacent to an activating group) is 1. The number of unbranched alkanes of at least 4 members (excludes halogenated alkanes) is 1. The number of ether oxygens (including phenoxy) is 1. The zero-order valence-corrected chi connectivity index (χ0v) is 14.4. The van der Waals surface area contributed by atoms with E-state index in [1.165, 1.54) is 4.90 Å². The normalized spacial score (nSPS) is 10.4. The van der Waals surface area contributed by atoms with Gasteiger partial charge in [-0.05, 0) is 44.4 Å². The molecule has 1 aromatic rings. The van der Waals surface area contributed by atoms with E-state index in [-0.39, 0.29) is 0 Å². The number of anilines is 1.